The second-order valence-electron chi connectivity index (χ2n) is 6.07. The van der Waals surface area contributed by atoms with Gasteiger partial charge in [-0.05, 0) is 28.7 Å². The maximum absolute atomic E-state index is 12.7. The number of hydrogen-bond acceptors (Lipinski definition) is 1. The van der Waals surface area contributed by atoms with Gasteiger partial charge in [-0.25, -0.2) is 0 Å². The summed E-state index contributed by atoms with van der Waals surface area (Å²) in [5, 5.41) is 0. The topological polar surface area (TPSA) is 81.5 Å². The predicted molar refractivity (Wildman–Crippen MR) is 106 cm³/mol. The third-order valence-corrected chi connectivity index (χ3v) is 4.27. The number of nitrogens with two attached hydrogens (primary N) is 2. The predicted octanol–water partition coefficient (Wildman–Crippen LogP) is 3.48. The highest BCUT2D eigenvalue weighted by Crippen LogP contribution is 2.29. The highest BCUT2D eigenvalue weighted by atomic mass is 16.1. The maximum Gasteiger partial charge on any atom is 0.256 e. The van der Waals surface area contributed by atoms with E-state index in [0.717, 1.165) is 22.3 Å². The Morgan fingerprint density at radius 2 is 1.38 bits per heavy atom. The molecule has 3 aromatic rings. The fourth-order valence-corrected chi connectivity index (χ4v) is 3.06. The van der Waals surface area contributed by atoms with Crippen molar-refractivity contribution < 1.29 is 4.79 Å². The maximum atomic E-state index is 12.7. The molecule has 0 unspecified atom stereocenters. The molecule has 0 fully saturated rings. The summed E-state index contributed by atoms with van der Waals surface area (Å²) in [7, 11) is 0. The number of guanidine groups is 1. The first kappa shape index (κ1) is 17.4. The average molecular weight is 343 g/mol. The molecule has 3 rings (SSSR count). The first-order valence-electron chi connectivity index (χ1n) is 8.47. The van der Waals surface area contributed by atoms with Crippen LogP contribution in [0.5, 0.6) is 0 Å². The monoisotopic (exact) mass is 343 g/mol. The van der Waals surface area contributed by atoms with E-state index in [0.29, 0.717) is 6.42 Å². The molecule has 1 atom stereocenters. The molecular weight excluding hydrogens is 322 g/mol. The SMILES string of the molecule is NC(N)=NC(=O)[C@H](Cc1ccccc1-c1ccccc1)c1ccccc1. The number of carbonyl (C=O) groups is 1. The van der Waals surface area contributed by atoms with E-state index in [1.807, 2.05) is 66.7 Å². The Labute approximate surface area is 153 Å². The third-order valence-electron chi connectivity index (χ3n) is 4.27. The van der Waals surface area contributed by atoms with Crippen LogP contribution in [0.25, 0.3) is 11.1 Å². The van der Waals surface area contributed by atoms with Gasteiger partial charge in [-0.3, -0.25) is 4.79 Å². The van der Waals surface area contributed by atoms with Gasteiger partial charge in [0, 0.05) is 0 Å². The molecule has 0 aliphatic rings. The minimum atomic E-state index is -0.442. The highest BCUT2D eigenvalue weighted by Gasteiger charge is 2.22. The third kappa shape index (κ3) is 4.16. The van der Waals surface area contributed by atoms with Crippen molar-refractivity contribution in [3.8, 4) is 11.1 Å². The smallest absolute Gasteiger partial charge is 0.256 e. The number of aliphatic imine (C=N–C) groups is 1. The van der Waals surface area contributed by atoms with Crippen molar-refractivity contribution in [2.24, 2.45) is 16.5 Å². The molecular formula is C22H21N3O. The molecule has 130 valence electrons. The molecule has 0 radical (unpaired) electrons. The second kappa shape index (κ2) is 8.12. The van der Waals surface area contributed by atoms with Gasteiger partial charge in [-0.1, -0.05) is 84.9 Å². The van der Waals surface area contributed by atoms with Gasteiger partial charge in [0.1, 0.15) is 0 Å². The first-order valence-corrected chi connectivity index (χ1v) is 8.47. The molecule has 0 aromatic heterocycles. The zero-order valence-corrected chi connectivity index (χ0v) is 14.4. The van der Waals surface area contributed by atoms with Crippen LogP contribution >= 0.6 is 0 Å². The minimum Gasteiger partial charge on any atom is -0.370 e. The Morgan fingerprint density at radius 3 is 2.04 bits per heavy atom. The van der Waals surface area contributed by atoms with Crippen LogP contribution in [0.1, 0.15) is 17.0 Å². The van der Waals surface area contributed by atoms with E-state index >= 15 is 0 Å². The Hall–Kier alpha value is -3.40. The molecule has 26 heavy (non-hydrogen) atoms. The fourth-order valence-electron chi connectivity index (χ4n) is 3.06. The number of carbonyl (C=O) groups excluding carboxylic acids is 1. The summed E-state index contributed by atoms with van der Waals surface area (Å²) in [6.07, 6.45) is 0.519. The Kier molecular flexibility index (Phi) is 5.44. The van der Waals surface area contributed by atoms with Crippen molar-refractivity contribution >= 4 is 11.9 Å². The van der Waals surface area contributed by atoms with Crippen LogP contribution in [0.2, 0.25) is 0 Å². The van der Waals surface area contributed by atoms with Crippen LogP contribution in [-0.4, -0.2) is 11.9 Å². The lowest BCUT2D eigenvalue weighted by atomic mass is 9.88. The Balaban J connectivity index is 2.01. The van der Waals surface area contributed by atoms with Crippen LogP contribution in [0.4, 0.5) is 0 Å². The van der Waals surface area contributed by atoms with Gasteiger partial charge < -0.3 is 11.5 Å². The van der Waals surface area contributed by atoms with Crippen molar-refractivity contribution in [2.75, 3.05) is 0 Å². The minimum absolute atomic E-state index is 0.215. The molecule has 4 nitrogen and oxygen atoms in total. The van der Waals surface area contributed by atoms with Crippen LogP contribution in [0.15, 0.2) is 89.9 Å². The molecule has 1 amide bonds. The molecule has 0 spiro atoms. The average Bonchev–Trinajstić information content (AvgIpc) is 2.67. The number of rotatable bonds is 5. The molecule has 0 aliphatic heterocycles. The van der Waals surface area contributed by atoms with Gasteiger partial charge in [0.2, 0.25) is 0 Å². The van der Waals surface area contributed by atoms with Crippen molar-refractivity contribution in [1.29, 1.82) is 0 Å². The van der Waals surface area contributed by atoms with Crippen LogP contribution in [-0.2, 0) is 11.2 Å². The summed E-state index contributed by atoms with van der Waals surface area (Å²) in [4.78, 5) is 16.4. The quantitative estimate of drug-likeness (QED) is 0.550. The second-order valence-corrected chi connectivity index (χ2v) is 6.07. The molecule has 0 heterocycles. The Morgan fingerprint density at radius 1 is 0.808 bits per heavy atom. The van der Waals surface area contributed by atoms with Gasteiger partial charge in [0.15, 0.2) is 5.96 Å². The van der Waals surface area contributed by atoms with E-state index < -0.39 is 5.92 Å². The summed E-state index contributed by atoms with van der Waals surface area (Å²) in [5.41, 5.74) is 15.0. The van der Waals surface area contributed by atoms with Gasteiger partial charge in [0.25, 0.3) is 5.91 Å². The van der Waals surface area contributed by atoms with Crippen molar-refractivity contribution in [1.82, 2.24) is 0 Å². The lowest BCUT2D eigenvalue weighted by Gasteiger charge is -2.17. The molecule has 3 aromatic carbocycles. The number of benzene rings is 3. The van der Waals surface area contributed by atoms with Crippen molar-refractivity contribution in [3.63, 3.8) is 0 Å². The van der Waals surface area contributed by atoms with Gasteiger partial charge >= 0.3 is 0 Å². The van der Waals surface area contributed by atoms with Crippen LogP contribution in [0.3, 0.4) is 0 Å². The van der Waals surface area contributed by atoms with E-state index in [1.165, 1.54) is 0 Å². The molecule has 0 saturated carbocycles. The van der Waals surface area contributed by atoms with E-state index in [4.69, 9.17) is 11.5 Å². The number of nitrogens with zero attached hydrogens (tertiary/aromatic N) is 1. The zero-order valence-electron chi connectivity index (χ0n) is 14.4. The summed E-state index contributed by atoms with van der Waals surface area (Å²) in [6.45, 7) is 0. The van der Waals surface area contributed by atoms with E-state index in [2.05, 4.69) is 23.2 Å². The van der Waals surface area contributed by atoms with E-state index in [-0.39, 0.29) is 11.9 Å². The van der Waals surface area contributed by atoms with Gasteiger partial charge in [-0.2, -0.15) is 4.99 Å². The molecule has 0 saturated heterocycles. The van der Waals surface area contributed by atoms with Crippen LogP contribution < -0.4 is 11.5 Å². The molecule has 0 aliphatic carbocycles. The summed E-state index contributed by atoms with van der Waals surface area (Å²) in [5.74, 6) is -0.991. The molecule has 4 N–H and O–H groups in total. The highest BCUT2D eigenvalue weighted by molar-refractivity contribution is 5.95. The van der Waals surface area contributed by atoms with Crippen molar-refractivity contribution in [3.05, 3.63) is 96.1 Å². The first-order chi connectivity index (χ1) is 12.6. The van der Waals surface area contributed by atoms with Gasteiger partial charge in [0.05, 0.1) is 5.92 Å². The zero-order chi connectivity index (χ0) is 18.4. The number of amides is 1. The summed E-state index contributed by atoms with van der Waals surface area (Å²) >= 11 is 0. The lowest BCUT2D eigenvalue weighted by molar-refractivity contribution is -0.119. The largest absolute Gasteiger partial charge is 0.370 e. The standard InChI is InChI=1S/C22H21N3O/c23-22(24)25-21(26)20(17-11-5-2-6-12-17)15-18-13-7-8-14-19(18)16-9-3-1-4-10-16/h1-14,20H,15H2,(H4,23,24,25,26)/t20-/m1/s1. The fraction of sp³-hybridized carbons (Fsp3) is 0.0909. The Bertz CT molecular complexity index is 901. The summed E-state index contributed by atoms with van der Waals surface area (Å²) < 4.78 is 0. The number of hydrogen-bond donors (Lipinski definition) is 2. The van der Waals surface area contributed by atoms with Crippen LogP contribution in [0, 0.1) is 0 Å². The van der Waals surface area contributed by atoms with Crippen molar-refractivity contribution in [2.45, 2.75) is 12.3 Å². The van der Waals surface area contributed by atoms with E-state index in [1.54, 1.807) is 0 Å². The van der Waals surface area contributed by atoms with E-state index in [9.17, 15) is 4.79 Å². The summed E-state index contributed by atoms with van der Waals surface area (Å²) in [6, 6.07) is 27.8. The van der Waals surface area contributed by atoms with Gasteiger partial charge in [-0.15, -0.1) is 0 Å². The lowest BCUT2D eigenvalue weighted by Crippen LogP contribution is -2.26. The molecule has 4 heteroatoms. The normalized spacial score (nSPS) is 11.5. The molecule has 0 bridgehead atoms.